The SMILES string of the molecule is NCc1ccccc1C(=O)NC1CCC(O)CC1. The monoisotopic (exact) mass is 248 g/mol. The van der Waals surface area contributed by atoms with E-state index in [0.717, 1.165) is 31.2 Å². The molecule has 2 rings (SSSR count). The number of rotatable bonds is 3. The highest BCUT2D eigenvalue weighted by Gasteiger charge is 2.21. The van der Waals surface area contributed by atoms with Gasteiger partial charge in [0.25, 0.3) is 5.91 Å². The Bertz CT molecular complexity index is 412. The van der Waals surface area contributed by atoms with E-state index >= 15 is 0 Å². The average molecular weight is 248 g/mol. The number of carbonyl (C=O) groups excluding carboxylic acids is 1. The van der Waals surface area contributed by atoms with Crippen molar-refractivity contribution in [2.75, 3.05) is 0 Å². The van der Waals surface area contributed by atoms with Crippen molar-refractivity contribution in [3.8, 4) is 0 Å². The predicted octanol–water partition coefficient (Wildman–Crippen LogP) is 1.18. The molecule has 1 aliphatic carbocycles. The van der Waals surface area contributed by atoms with Crippen LogP contribution in [0.2, 0.25) is 0 Å². The van der Waals surface area contributed by atoms with Crippen molar-refractivity contribution in [2.45, 2.75) is 44.4 Å². The molecule has 18 heavy (non-hydrogen) atoms. The van der Waals surface area contributed by atoms with Crippen LogP contribution in [-0.4, -0.2) is 23.2 Å². The molecule has 4 N–H and O–H groups in total. The summed E-state index contributed by atoms with van der Waals surface area (Å²) in [6, 6.07) is 7.58. The highest BCUT2D eigenvalue weighted by molar-refractivity contribution is 5.95. The second-order valence-corrected chi connectivity index (χ2v) is 4.84. The molecule has 0 unspecified atom stereocenters. The van der Waals surface area contributed by atoms with E-state index in [9.17, 15) is 9.90 Å². The van der Waals surface area contributed by atoms with Crippen LogP contribution in [0.4, 0.5) is 0 Å². The molecule has 0 spiro atoms. The van der Waals surface area contributed by atoms with Crippen LogP contribution in [0.3, 0.4) is 0 Å². The Labute approximate surface area is 107 Å². The number of hydrogen-bond acceptors (Lipinski definition) is 3. The first-order chi connectivity index (χ1) is 8.70. The Balaban J connectivity index is 1.99. The molecule has 0 heterocycles. The van der Waals surface area contributed by atoms with E-state index in [1.165, 1.54) is 0 Å². The summed E-state index contributed by atoms with van der Waals surface area (Å²) in [5, 5.41) is 12.5. The van der Waals surface area contributed by atoms with E-state index in [4.69, 9.17) is 5.73 Å². The van der Waals surface area contributed by atoms with Gasteiger partial charge in [-0.3, -0.25) is 4.79 Å². The molecule has 0 saturated heterocycles. The number of aliphatic hydroxyl groups is 1. The van der Waals surface area contributed by atoms with E-state index in [0.29, 0.717) is 12.1 Å². The highest BCUT2D eigenvalue weighted by atomic mass is 16.3. The fourth-order valence-electron chi connectivity index (χ4n) is 2.40. The molecule has 4 heteroatoms. The van der Waals surface area contributed by atoms with Crippen LogP contribution in [0, 0.1) is 0 Å². The molecule has 1 aromatic rings. The summed E-state index contributed by atoms with van der Waals surface area (Å²) in [4.78, 5) is 12.1. The first-order valence-electron chi connectivity index (χ1n) is 6.47. The lowest BCUT2D eigenvalue weighted by Crippen LogP contribution is -2.39. The molecule has 0 atom stereocenters. The van der Waals surface area contributed by atoms with Crippen molar-refractivity contribution < 1.29 is 9.90 Å². The lowest BCUT2D eigenvalue weighted by atomic mass is 9.93. The van der Waals surface area contributed by atoms with Crippen LogP contribution >= 0.6 is 0 Å². The molecule has 1 fully saturated rings. The zero-order chi connectivity index (χ0) is 13.0. The van der Waals surface area contributed by atoms with Crippen molar-refractivity contribution in [1.82, 2.24) is 5.32 Å². The molecular weight excluding hydrogens is 228 g/mol. The van der Waals surface area contributed by atoms with Crippen LogP contribution in [0.5, 0.6) is 0 Å². The number of carbonyl (C=O) groups is 1. The van der Waals surface area contributed by atoms with Crippen molar-refractivity contribution in [1.29, 1.82) is 0 Å². The fourth-order valence-corrected chi connectivity index (χ4v) is 2.40. The first kappa shape index (κ1) is 13.1. The van der Waals surface area contributed by atoms with E-state index in [1.807, 2.05) is 18.2 Å². The molecule has 1 amide bonds. The maximum atomic E-state index is 12.1. The van der Waals surface area contributed by atoms with Gasteiger partial charge in [-0.1, -0.05) is 18.2 Å². The van der Waals surface area contributed by atoms with Gasteiger partial charge in [0, 0.05) is 18.2 Å². The maximum absolute atomic E-state index is 12.1. The molecule has 0 aliphatic heterocycles. The van der Waals surface area contributed by atoms with Crippen LogP contribution in [0.1, 0.15) is 41.6 Å². The van der Waals surface area contributed by atoms with Gasteiger partial charge in [0.05, 0.1) is 6.10 Å². The number of nitrogens with two attached hydrogens (primary N) is 1. The van der Waals surface area contributed by atoms with E-state index in [1.54, 1.807) is 6.07 Å². The second kappa shape index (κ2) is 5.98. The average Bonchev–Trinajstić information content (AvgIpc) is 2.41. The zero-order valence-corrected chi connectivity index (χ0v) is 10.4. The normalized spacial score (nSPS) is 23.7. The van der Waals surface area contributed by atoms with E-state index < -0.39 is 0 Å². The van der Waals surface area contributed by atoms with Gasteiger partial charge in [0.15, 0.2) is 0 Å². The molecule has 0 bridgehead atoms. The third kappa shape index (κ3) is 3.09. The topological polar surface area (TPSA) is 75.4 Å². The fraction of sp³-hybridized carbons (Fsp3) is 0.500. The summed E-state index contributed by atoms with van der Waals surface area (Å²) < 4.78 is 0. The molecule has 0 aromatic heterocycles. The third-order valence-corrected chi connectivity index (χ3v) is 3.51. The number of nitrogens with one attached hydrogen (secondary N) is 1. The number of amides is 1. The molecule has 1 saturated carbocycles. The number of hydrogen-bond donors (Lipinski definition) is 3. The number of aliphatic hydroxyl groups excluding tert-OH is 1. The van der Waals surface area contributed by atoms with Gasteiger partial charge in [0.2, 0.25) is 0 Å². The molecule has 1 aliphatic rings. The Kier molecular flexibility index (Phi) is 4.33. The van der Waals surface area contributed by atoms with E-state index in [2.05, 4.69) is 5.32 Å². The smallest absolute Gasteiger partial charge is 0.251 e. The largest absolute Gasteiger partial charge is 0.393 e. The Morgan fingerprint density at radius 3 is 2.61 bits per heavy atom. The van der Waals surface area contributed by atoms with Gasteiger partial charge < -0.3 is 16.2 Å². The van der Waals surface area contributed by atoms with Crippen LogP contribution < -0.4 is 11.1 Å². The standard InChI is InChI=1S/C14H20N2O2/c15-9-10-3-1-2-4-13(10)14(18)16-11-5-7-12(17)8-6-11/h1-4,11-12,17H,5-9,15H2,(H,16,18). The third-order valence-electron chi connectivity index (χ3n) is 3.51. The summed E-state index contributed by atoms with van der Waals surface area (Å²) in [7, 11) is 0. The Hall–Kier alpha value is -1.39. The maximum Gasteiger partial charge on any atom is 0.251 e. The van der Waals surface area contributed by atoms with Crippen LogP contribution in [-0.2, 0) is 6.54 Å². The van der Waals surface area contributed by atoms with Crippen LogP contribution in [0.15, 0.2) is 24.3 Å². The quantitative estimate of drug-likeness (QED) is 0.752. The molecular formula is C14H20N2O2. The van der Waals surface area contributed by atoms with Crippen molar-refractivity contribution in [3.63, 3.8) is 0 Å². The molecule has 1 aromatic carbocycles. The van der Waals surface area contributed by atoms with Crippen molar-refractivity contribution >= 4 is 5.91 Å². The second-order valence-electron chi connectivity index (χ2n) is 4.84. The van der Waals surface area contributed by atoms with Crippen molar-refractivity contribution in [2.24, 2.45) is 5.73 Å². The number of benzene rings is 1. The summed E-state index contributed by atoms with van der Waals surface area (Å²) in [6.07, 6.45) is 3.03. The zero-order valence-electron chi connectivity index (χ0n) is 10.4. The summed E-state index contributed by atoms with van der Waals surface area (Å²) in [5.41, 5.74) is 7.15. The minimum absolute atomic E-state index is 0.0579. The lowest BCUT2D eigenvalue weighted by Gasteiger charge is -2.26. The summed E-state index contributed by atoms with van der Waals surface area (Å²) in [6.45, 7) is 0.368. The van der Waals surface area contributed by atoms with Gasteiger partial charge in [-0.2, -0.15) is 0 Å². The summed E-state index contributed by atoms with van der Waals surface area (Å²) in [5.74, 6) is -0.0579. The van der Waals surface area contributed by atoms with Crippen molar-refractivity contribution in [3.05, 3.63) is 35.4 Å². The van der Waals surface area contributed by atoms with Gasteiger partial charge in [-0.25, -0.2) is 0 Å². The van der Waals surface area contributed by atoms with Gasteiger partial charge in [-0.15, -0.1) is 0 Å². The molecule has 4 nitrogen and oxygen atoms in total. The van der Waals surface area contributed by atoms with Gasteiger partial charge >= 0.3 is 0 Å². The Morgan fingerprint density at radius 2 is 1.94 bits per heavy atom. The predicted molar refractivity (Wildman–Crippen MR) is 70.1 cm³/mol. The first-order valence-corrected chi connectivity index (χ1v) is 6.47. The Morgan fingerprint density at radius 1 is 1.28 bits per heavy atom. The van der Waals surface area contributed by atoms with Gasteiger partial charge in [-0.05, 0) is 37.3 Å². The molecule has 0 radical (unpaired) electrons. The summed E-state index contributed by atoms with van der Waals surface area (Å²) >= 11 is 0. The lowest BCUT2D eigenvalue weighted by molar-refractivity contribution is 0.0867. The molecule has 98 valence electrons. The van der Waals surface area contributed by atoms with Gasteiger partial charge in [0.1, 0.15) is 0 Å². The minimum Gasteiger partial charge on any atom is -0.393 e. The highest BCUT2D eigenvalue weighted by Crippen LogP contribution is 2.19. The minimum atomic E-state index is -0.200. The van der Waals surface area contributed by atoms with Crippen LogP contribution in [0.25, 0.3) is 0 Å². The van der Waals surface area contributed by atoms with E-state index in [-0.39, 0.29) is 18.1 Å².